The SMILES string of the molecule is CC(C)c1ccc(-c2cc(F)ccc2F)cc1C(C)C.CC(C)c1ccccc1C(C)C.CC(C)c1ccccc1C(C)C. The van der Waals surface area contributed by atoms with E-state index < -0.39 is 11.6 Å². The summed E-state index contributed by atoms with van der Waals surface area (Å²) in [6.07, 6.45) is 0. The van der Waals surface area contributed by atoms with Gasteiger partial charge < -0.3 is 0 Å². The van der Waals surface area contributed by atoms with Gasteiger partial charge >= 0.3 is 0 Å². The molecule has 4 aromatic carbocycles. The van der Waals surface area contributed by atoms with Crippen molar-refractivity contribution in [2.24, 2.45) is 0 Å². The van der Waals surface area contributed by atoms with E-state index in [9.17, 15) is 8.78 Å². The fourth-order valence-corrected chi connectivity index (χ4v) is 5.61. The van der Waals surface area contributed by atoms with Crippen molar-refractivity contribution in [1.82, 2.24) is 0 Å². The Morgan fingerprint density at radius 1 is 0.364 bits per heavy atom. The zero-order valence-corrected chi connectivity index (χ0v) is 29.3. The molecule has 4 rings (SSSR count). The minimum Gasteiger partial charge on any atom is -0.207 e. The summed E-state index contributed by atoms with van der Waals surface area (Å²) in [6.45, 7) is 26.5. The Kier molecular flexibility index (Phi) is 14.5. The van der Waals surface area contributed by atoms with Crippen LogP contribution in [-0.4, -0.2) is 0 Å². The summed E-state index contributed by atoms with van der Waals surface area (Å²) in [7, 11) is 0. The topological polar surface area (TPSA) is 0 Å². The fourth-order valence-electron chi connectivity index (χ4n) is 5.61. The van der Waals surface area contributed by atoms with E-state index in [1.54, 1.807) is 0 Å². The Labute approximate surface area is 268 Å². The van der Waals surface area contributed by atoms with Crippen LogP contribution in [0.1, 0.15) is 152 Å². The highest BCUT2D eigenvalue weighted by Crippen LogP contribution is 2.32. The molecule has 0 saturated heterocycles. The highest BCUT2D eigenvalue weighted by Gasteiger charge is 2.14. The molecule has 238 valence electrons. The Morgan fingerprint density at radius 2 is 0.705 bits per heavy atom. The van der Waals surface area contributed by atoms with Crippen LogP contribution in [0.25, 0.3) is 11.1 Å². The molecule has 0 N–H and O–H groups in total. The second-order valence-electron chi connectivity index (χ2n) is 13.7. The molecule has 0 fully saturated rings. The molecule has 0 heterocycles. The van der Waals surface area contributed by atoms with Crippen LogP contribution in [0, 0.1) is 11.6 Å². The summed E-state index contributed by atoms with van der Waals surface area (Å²) >= 11 is 0. The van der Waals surface area contributed by atoms with Crippen molar-refractivity contribution >= 4 is 0 Å². The standard InChI is InChI=1S/C18H20F2.2C12H18/c1-11(2)15-7-5-13(9-16(15)12(3)4)17-10-14(19)6-8-18(17)20;2*1-9(2)11-7-5-6-8-12(11)10(3)4/h5-12H,1-4H3;2*5-10H,1-4H3. The molecule has 0 aliphatic heterocycles. The van der Waals surface area contributed by atoms with Crippen LogP contribution >= 0.6 is 0 Å². The van der Waals surface area contributed by atoms with Gasteiger partial charge in [-0.25, -0.2) is 8.78 Å². The van der Waals surface area contributed by atoms with Crippen LogP contribution in [-0.2, 0) is 0 Å². The normalized spacial score (nSPS) is 11.3. The Hall–Kier alpha value is -3.26. The van der Waals surface area contributed by atoms with Crippen molar-refractivity contribution in [2.75, 3.05) is 0 Å². The van der Waals surface area contributed by atoms with Crippen LogP contribution in [0.2, 0.25) is 0 Å². The predicted octanol–water partition coefficient (Wildman–Crippen LogP) is 13.7. The summed E-state index contributed by atoms with van der Waals surface area (Å²) in [6, 6.07) is 26.9. The van der Waals surface area contributed by atoms with E-state index in [2.05, 4.69) is 132 Å². The number of hydrogen-bond donors (Lipinski definition) is 0. The van der Waals surface area contributed by atoms with Crippen molar-refractivity contribution in [1.29, 1.82) is 0 Å². The lowest BCUT2D eigenvalue weighted by Crippen LogP contribution is -1.99. The van der Waals surface area contributed by atoms with Crippen LogP contribution in [0.4, 0.5) is 8.78 Å². The van der Waals surface area contributed by atoms with E-state index in [1.807, 2.05) is 18.2 Å². The molecule has 0 aliphatic carbocycles. The lowest BCUT2D eigenvalue weighted by atomic mass is 9.88. The zero-order valence-electron chi connectivity index (χ0n) is 29.3. The molecule has 0 aliphatic rings. The largest absolute Gasteiger partial charge is 0.207 e. The molecule has 0 spiro atoms. The molecule has 44 heavy (non-hydrogen) atoms. The maximum atomic E-state index is 13.9. The third kappa shape index (κ3) is 10.4. The highest BCUT2D eigenvalue weighted by molar-refractivity contribution is 5.66. The summed E-state index contributed by atoms with van der Waals surface area (Å²) < 4.78 is 27.2. The van der Waals surface area contributed by atoms with Crippen LogP contribution in [0.5, 0.6) is 0 Å². The summed E-state index contributed by atoms with van der Waals surface area (Å²) in [5.41, 5.74) is 9.49. The Morgan fingerprint density at radius 3 is 1.05 bits per heavy atom. The average molecular weight is 599 g/mol. The summed E-state index contributed by atoms with van der Waals surface area (Å²) in [4.78, 5) is 0. The molecule has 0 nitrogen and oxygen atoms in total. The van der Waals surface area contributed by atoms with Gasteiger partial charge in [-0.3, -0.25) is 0 Å². The van der Waals surface area contributed by atoms with Crippen LogP contribution < -0.4 is 0 Å². The van der Waals surface area contributed by atoms with E-state index in [0.29, 0.717) is 41.1 Å². The molecule has 4 aromatic rings. The minimum atomic E-state index is -0.416. The fraction of sp³-hybridized carbons (Fsp3) is 0.429. The first-order valence-electron chi connectivity index (χ1n) is 16.4. The molecular weight excluding hydrogens is 542 g/mol. The van der Waals surface area contributed by atoms with E-state index in [1.165, 1.54) is 45.5 Å². The Balaban J connectivity index is 0.000000244. The first-order valence-corrected chi connectivity index (χ1v) is 16.4. The molecular formula is C42H56F2. The first kappa shape index (κ1) is 36.9. The minimum absolute atomic E-state index is 0.321. The summed E-state index contributed by atoms with van der Waals surface area (Å²) in [5.74, 6) is 2.53. The lowest BCUT2D eigenvalue weighted by Gasteiger charge is -2.17. The highest BCUT2D eigenvalue weighted by atomic mass is 19.1. The number of benzene rings is 4. The molecule has 0 bridgehead atoms. The van der Waals surface area contributed by atoms with Crippen molar-refractivity contribution < 1.29 is 8.78 Å². The van der Waals surface area contributed by atoms with Gasteiger partial charge in [0.1, 0.15) is 11.6 Å². The lowest BCUT2D eigenvalue weighted by molar-refractivity contribution is 0.603. The van der Waals surface area contributed by atoms with E-state index in [-0.39, 0.29) is 0 Å². The van der Waals surface area contributed by atoms with Crippen LogP contribution in [0.3, 0.4) is 0 Å². The van der Waals surface area contributed by atoms with Gasteiger partial charge in [-0.1, -0.05) is 150 Å². The van der Waals surface area contributed by atoms with Crippen molar-refractivity contribution in [3.8, 4) is 11.1 Å². The van der Waals surface area contributed by atoms with Crippen molar-refractivity contribution in [2.45, 2.75) is 119 Å². The van der Waals surface area contributed by atoms with E-state index in [0.717, 1.165) is 11.6 Å². The van der Waals surface area contributed by atoms with Gasteiger partial charge in [-0.15, -0.1) is 0 Å². The number of hydrogen-bond acceptors (Lipinski definition) is 0. The zero-order chi connectivity index (χ0) is 33.1. The third-order valence-corrected chi connectivity index (χ3v) is 8.05. The molecule has 0 saturated carbocycles. The molecule has 0 atom stereocenters. The van der Waals surface area contributed by atoms with Gasteiger partial charge in [-0.05, 0) is 92.7 Å². The maximum Gasteiger partial charge on any atom is 0.131 e. The van der Waals surface area contributed by atoms with Gasteiger partial charge in [0.2, 0.25) is 0 Å². The second-order valence-corrected chi connectivity index (χ2v) is 13.7. The van der Waals surface area contributed by atoms with Crippen LogP contribution in [0.15, 0.2) is 84.9 Å². The quantitative estimate of drug-likeness (QED) is 0.198. The molecule has 0 unspecified atom stereocenters. The Bertz CT molecular complexity index is 1330. The smallest absolute Gasteiger partial charge is 0.131 e. The number of halogens is 2. The van der Waals surface area contributed by atoms with Crippen molar-refractivity contribution in [3.05, 3.63) is 130 Å². The predicted molar refractivity (Wildman–Crippen MR) is 189 cm³/mol. The number of rotatable bonds is 7. The molecule has 0 amide bonds. The van der Waals surface area contributed by atoms with Gasteiger partial charge in [-0.2, -0.15) is 0 Å². The van der Waals surface area contributed by atoms with Gasteiger partial charge in [0.05, 0.1) is 0 Å². The average Bonchev–Trinajstić information content (AvgIpc) is 2.98. The molecule has 0 aromatic heterocycles. The first-order chi connectivity index (χ1) is 20.6. The maximum absolute atomic E-state index is 13.9. The van der Waals surface area contributed by atoms with Gasteiger partial charge in [0, 0.05) is 5.56 Å². The molecule has 2 heteroatoms. The van der Waals surface area contributed by atoms with Crippen molar-refractivity contribution in [3.63, 3.8) is 0 Å². The van der Waals surface area contributed by atoms with Gasteiger partial charge in [0.25, 0.3) is 0 Å². The third-order valence-electron chi connectivity index (χ3n) is 8.05. The monoisotopic (exact) mass is 598 g/mol. The van der Waals surface area contributed by atoms with Gasteiger partial charge in [0.15, 0.2) is 0 Å². The summed E-state index contributed by atoms with van der Waals surface area (Å²) in [5, 5.41) is 0. The second kappa shape index (κ2) is 17.3. The van der Waals surface area contributed by atoms with E-state index >= 15 is 0 Å². The van der Waals surface area contributed by atoms with E-state index in [4.69, 9.17) is 0 Å². The molecule has 0 radical (unpaired) electrons.